The lowest BCUT2D eigenvalue weighted by Crippen LogP contribution is -2.04. The molecule has 0 aromatic rings. The molecule has 0 aromatic carbocycles. The van der Waals surface area contributed by atoms with Crippen LogP contribution in [0.1, 0.15) is 6.42 Å². The molecule has 2 amide bonds. The fourth-order valence-corrected chi connectivity index (χ4v) is 0.129. The third-order valence-electron chi connectivity index (χ3n) is 0.705. The molecule has 0 aliphatic carbocycles. The number of hydrogen-bond donors (Lipinski definition) is 4. The maximum atomic E-state index is 9.47. The molecule has 0 spiro atoms. The number of primary amides is 2. The molecule has 0 fully saturated rings. The molecule has 6 N–H and O–H groups in total. The van der Waals surface area contributed by atoms with E-state index in [9.17, 15) is 19.2 Å². The molecule has 0 aliphatic rings. The van der Waals surface area contributed by atoms with Crippen LogP contribution in [0, 0.1) is 0 Å². The van der Waals surface area contributed by atoms with E-state index >= 15 is 0 Å². The van der Waals surface area contributed by atoms with Crippen molar-refractivity contribution in [3.63, 3.8) is 0 Å². The van der Waals surface area contributed by atoms with Crippen molar-refractivity contribution in [2.45, 2.75) is 6.42 Å². The first-order chi connectivity index (χ1) is 7.67. The largest absolute Gasteiger partial charge is 0.481 e. The van der Waals surface area contributed by atoms with Crippen molar-refractivity contribution in [1.82, 2.24) is 0 Å². The molecule has 0 bridgehead atoms. The number of nitrogens with two attached hydrogens (primary N) is 2. The number of carbonyl (C=O) groups excluding carboxylic acids is 2. The number of aliphatic carboxylic acids is 2. The first-order valence-electron chi connectivity index (χ1n) is 3.94. The van der Waals surface area contributed by atoms with Crippen LogP contribution in [0.25, 0.3) is 0 Å². The fraction of sp³-hybridized carbons (Fsp3) is 0.111. The van der Waals surface area contributed by atoms with Crippen molar-refractivity contribution in [3.05, 3.63) is 25.3 Å². The Morgan fingerprint density at radius 2 is 1.06 bits per heavy atom. The van der Waals surface area contributed by atoms with Gasteiger partial charge in [0.2, 0.25) is 11.8 Å². The van der Waals surface area contributed by atoms with Crippen molar-refractivity contribution < 1.29 is 29.4 Å². The van der Waals surface area contributed by atoms with Gasteiger partial charge in [-0.15, -0.1) is 0 Å². The highest BCUT2D eigenvalue weighted by Crippen LogP contribution is 1.74. The number of carbonyl (C=O) groups is 4. The summed E-state index contributed by atoms with van der Waals surface area (Å²) in [6.45, 7) is 6.17. The zero-order valence-electron chi connectivity index (χ0n) is 8.96. The number of carboxylic acids is 2. The summed E-state index contributed by atoms with van der Waals surface area (Å²) in [7, 11) is 0. The lowest BCUT2D eigenvalue weighted by molar-refractivity contribution is -0.147. The van der Waals surface area contributed by atoms with Crippen LogP contribution in [0.5, 0.6) is 0 Å². The molecular formula is C9H14N2O6. The van der Waals surface area contributed by atoms with Crippen molar-refractivity contribution in [3.8, 4) is 0 Å². The first-order valence-corrected chi connectivity index (χ1v) is 3.94. The highest BCUT2D eigenvalue weighted by molar-refractivity contribution is 5.88. The Labute approximate surface area is 97.2 Å². The van der Waals surface area contributed by atoms with E-state index in [1.165, 1.54) is 0 Å². The Bertz CT molecular complexity index is 281. The van der Waals surface area contributed by atoms with Crippen LogP contribution >= 0.6 is 0 Å². The fourth-order valence-electron chi connectivity index (χ4n) is 0.129. The number of carboxylic acid groups (broad SMARTS) is 2. The summed E-state index contributed by atoms with van der Waals surface area (Å²) in [5, 5.41) is 15.4. The van der Waals surface area contributed by atoms with Gasteiger partial charge in [0.1, 0.15) is 6.42 Å². The van der Waals surface area contributed by atoms with Crippen LogP contribution in [0.15, 0.2) is 25.3 Å². The monoisotopic (exact) mass is 246 g/mol. The molecule has 0 aliphatic heterocycles. The van der Waals surface area contributed by atoms with Crippen molar-refractivity contribution >= 4 is 23.8 Å². The van der Waals surface area contributed by atoms with Gasteiger partial charge in [0.25, 0.3) is 0 Å². The van der Waals surface area contributed by atoms with Crippen molar-refractivity contribution in [1.29, 1.82) is 0 Å². The molecule has 0 atom stereocenters. The second-order valence-corrected chi connectivity index (χ2v) is 2.18. The van der Waals surface area contributed by atoms with E-state index < -0.39 is 30.2 Å². The van der Waals surface area contributed by atoms with Gasteiger partial charge in [-0.2, -0.15) is 0 Å². The number of hydrogen-bond acceptors (Lipinski definition) is 4. The Morgan fingerprint density at radius 1 is 0.882 bits per heavy atom. The highest BCUT2D eigenvalue weighted by atomic mass is 16.4. The molecule has 17 heavy (non-hydrogen) atoms. The first kappa shape index (κ1) is 19.9. The van der Waals surface area contributed by atoms with E-state index in [2.05, 4.69) is 24.6 Å². The molecule has 0 rings (SSSR count). The Kier molecular flexibility index (Phi) is 15.6. The van der Waals surface area contributed by atoms with E-state index in [-0.39, 0.29) is 0 Å². The summed E-state index contributed by atoms with van der Waals surface area (Å²) in [5.74, 6) is -3.59. The molecule has 8 nitrogen and oxygen atoms in total. The minimum atomic E-state index is -1.31. The van der Waals surface area contributed by atoms with Gasteiger partial charge in [0, 0.05) is 0 Å². The minimum Gasteiger partial charge on any atom is -0.481 e. The van der Waals surface area contributed by atoms with Crippen LogP contribution in [0.3, 0.4) is 0 Å². The summed E-state index contributed by atoms with van der Waals surface area (Å²) in [4.78, 5) is 37.8. The summed E-state index contributed by atoms with van der Waals surface area (Å²) in [6.07, 6.45) is 1.31. The SMILES string of the molecule is C=CC(N)=O.C=CC(N)=O.O=C(O)CC(=O)O. The molecule has 0 aromatic heterocycles. The van der Waals surface area contributed by atoms with Gasteiger partial charge >= 0.3 is 11.9 Å². The number of rotatable bonds is 4. The van der Waals surface area contributed by atoms with Gasteiger partial charge in [-0.05, 0) is 12.2 Å². The zero-order chi connectivity index (χ0) is 14.4. The summed E-state index contributed by atoms with van der Waals surface area (Å²) >= 11 is 0. The van der Waals surface area contributed by atoms with Crippen molar-refractivity contribution in [2.24, 2.45) is 11.5 Å². The zero-order valence-corrected chi connectivity index (χ0v) is 8.96. The van der Waals surface area contributed by atoms with Crippen LogP contribution in [-0.2, 0) is 19.2 Å². The smallest absolute Gasteiger partial charge is 0.314 e. The molecule has 0 heterocycles. The topological polar surface area (TPSA) is 161 Å². The highest BCUT2D eigenvalue weighted by Gasteiger charge is 2.01. The standard InChI is InChI=1S/2C3H5NO.C3H4O4/c2*1-2-3(4)5;4-2(5)1-3(6)7/h2*2H,1H2,(H2,4,5);1H2,(H,4,5)(H,6,7). The predicted molar refractivity (Wildman–Crippen MR) is 58.7 cm³/mol. The Hall–Kier alpha value is -2.64. The average Bonchev–Trinajstić information content (AvgIpc) is 2.17. The lowest BCUT2D eigenvalue weighted by Gasteiger charge is -1.80. The Morgan fingerprint density at radius 3 is 1.06 bits per heavy atom. The van der Waals surface area contributed by atoms with Crippen LogP contribution in [-0.4, -0.2) is 34.0 Å². The van der Waals surface area contributed by atoms with E-state index in [0.29, 0.717) is 0 Å². The summed E-state index contributed by atoms with van der Waals surface area (Å²) in [6, 6.07) is 0. The third kappa shape index (κ3) is 60.0. The second-order valence-electron chi connectivity index (χ2n) is 2.18. The van der Waals surface area contributed by atoms with Gasteiger partial charge in [-0.25, -0.2) is 0 Å². The van der Waals surface area contributed by atoms with E-state index in [4.69, 9.17) is 10.2 Å². The van der Waals surface area contributed by atoms with Gasteiger partial charge in [-0.1, -0.05) is 13.2 Å². The second kappa shape index (κ2) is 13.4. The van der Waals surface area contributed by atoms with Crippen LogP contribution < -0.4 is 11.5 Å². The van der Waals surface area contributed by atoms with Gasteiger partial charge in [0.05, 0.1) is 0 Å². The molecule has 8 heteroatoms. The molecule has 96 valence electrons. The van der Waals surface area contributed by atoms with Crippen LogP contribution in [0.2, 0.25) is 0 Å². The quantitative estimate of drug-likeness (QED) is 0.362. The van der Waals surface area contributed by atoms with E-state index in [0.717, 1.165) is 12.2 Å². The van der Waals surface area contributed by atoms with Gasteiger partial charge < -0.3 is 21.7 Å². The van der Waals surface area contributed by atoms with E-state index in [1.807, 2.05) is 0 Å². The summed E-state index contributed by atoms with van der Waals surface area (Å²) < 4.78 is 0. The molecule has 0 unspecified atom stereocenters. The predicted octanol–water partition coefficient (Wildman–Crippen LogP) is -1.14. The number of amides is 2. The molecule has 0 saturated heterocycles. The molecular weight excluding hydrogens is 232 g/mol. The molecule has 0 saturated carbocycles. The van der Waals surface area contributed by atoms with Gasteiger partial charge in [0.15, 0.2) is 0 Å². The minimum absolute atomic E-state index is 0.481. The van der Waals surface area contributed by atoms with Crippen LogP contribution in [0.4, 0.5) is 0 Å². The maximum Gasteiger partial charge on any atom is 0.314 e. The lowest BCUT2D eigenvalue weighted by atomic mass is 10.5. The van der Waals surface area contributed by atoms with Crippen molar-refractivity contribution in [2.75, 3.05) is 0 Å². The Balaban J connectivity index is -0.000000177. The van der Waals surface area contributed by atoms with E-state index in [1.54, 1.807) is 0 Å². The normalized spacial score (nSPS) is 7.06. The third-order valence-corrected chi connectivity index (χ3v) is 0.705. The maximum absolute atomic E-state index is 9.47. The average molecular weight is 246 g/mol. The van der Waals surface area contributed by atoms with Gasteiger partial charge in [-0.3, -0.25) is 19.2 Å². The molecule has 0 radical (unpaired) electrons. The summed E-state index contributed by atoms with van der Waals surface area (Å²) in [5.41, 5.74) is 9.07.